The number of nitrogens with two attached hydrogens (primary N) is 3. The molecule has 0 aromatic rings. The molecule has 0 aromatic carbocycles. The Morgan fingerprint density at radius 3 is 1.67 bits per heavy atom. The summed E-state index contributed by atoms with van der Waals surface area (Å²) in [6.45, 7) is 0. The molecule has 0 atom stereocenters. The van der Waals surface area contributed by atoms with Crippen molar-refractivity contribution in [2.45, 2.75) is 0 Å². The summed E-state index contributed by atoms with van der Waals surface area (Å²) in [7, 11) is 0. The fraction of sp³-hybridized carbons (Fsp3) is 0. The first-order valence-corrected chi connectivity index (χ1v) is 5.95. The van der Waals surface area contributed by atoms with E-state index in [1.165, 1.54) is 0 Å². The van der Waals surface area contributed by atoms with Gasteiger partial charge >= 0.3 is 36.5 Å². The van der Waals surface area contributed by atoms with E-state index >= 15 is 0 Å². The molecule has 0 aliphatic heterocycles. The van der Waals surface area contributed by atoms with Crippen molar-refractivity contribution in [1.29, 1.82) is 0 Å². The van der Waals surface area contributed by atoms with Crippen LogP contribution in [0.2, 0.25) is 0 Å². The fourth-order valence-corrected chi connectivity index (χ4v) is 0.260. The predicted octanol–water partition coefficient (Wildman–Crippen LogP) is -6.22. The Kier molecular flexibility index (Phi) is 6.95. The molecule has 10 heteroatoms. The molecule has 0 aromatic heterocycles. The van der Waals surface area contributed by atoms with E-state index in [4.69, 9.17) is 33.2 Å². The third kappa shape index (κ3) is 57.4. The average molecular weight is 260 g/mol. The molecule has 0 amide bonds. The van der Waals surface area contributed by atoms with E-state index in [1.54, 1.807) is 0 Å². The van der Waals surface area contributed by atoms with Crippen LogP contribution in [-0.2, 0) is 3.74 Å². The molecule has 0 unspecified atom stereocenters. The molecule has 0 heterocycles. The van der Waals surface area contributed by atoms with Crippen LogP contribution in [0.5, 0.6) is 0 Å². The molecular formula is C2H9AsN4O4S. The van der Waals surface area contributed by atoms with Gasteiger partial charge in [0.15, 0.2) is 0 Å². The van der Waals surface area contributed by atoms with Crippen molar-refractivity contribution in [3.8, 4) is 0 Å². The minimum absolute atomic E-state index is 0.0208. The second-order valence-corrected chi connectivity index (χ2v) is 3.93. The average Bonchev–Trinajstić information content (AvgIpc) is 1.52. The molecule has 0 saturated carbocycles. The van der Waals surface area contributed by atoms with Crippen LogP contribution >= 0.6 is 12.2 Å². The maximum absolute atomic E-state index is 8.83. The van der Waals surface area contributed by atoms with Gasteiger partial charge in [0.2, 0.25) is 0 Å². The molecular weight excluding hydrogens is 251 g/mol. The normalized spacial score (nSPS) is 9.25. The van der Waals surface area contributed by atoms with Crippen molar-refractivity contribution < 1.29 is 21.0 Å². The van der Waals surface area contributed by atoms with E-state index in [1.807, 2.05) is 0 Å². The van der Waals surface area contributed by atoms with Crippen LogP contribution in [0, 0.1) is 0 Å². The van der Waals surface area contributed by atoms with Crippen molar-refractivity contribution >= 4 is 37.8 Å². The molecule has 0 rings (SSSR count). The van der Waals surface area contributed by atoms with Gasteiger partial charge in [0, 0.05) is 0 Å². The first-order valence-electron chi connectivity index (χ1n) is 2.34. The first kappa shape index (κ1) is 14.0. The van der Waals surface area contributed by atoms with Crippen molar-refractivity contribution in [3.63, 3.8) is 0 Å². The Labute approximate surface area is 76.4 Å². The number of rotatable bonds is 0. The Morgan fingerprint density at radius 2 is 1.67 bits per heavy atom. The molecule has 0 aliphatic carbocycles. The van der Waals surface area contributed by atoms with Gasteiger partial charge in [0.05, 0.1) is 0 Å². The summed E-state index contributed by atoms with van der Waals surface area (Å²) >= 11 is -1.02. The standard InChI is InChI=1S/C2H6N4S.AsH3O4/c3-1(4)6-2(5)7;2-1(3,4)5/h(H6,3,4,5,6,7);(H3,2,3,4,5). The molecule has 0 spiro atoms. The van der Waals surface area contributed by atoms with Crippen LogP contribution in [0.4, 0.5) is 0 Å². The van der Waals surface area contributed by atoms with Crippen LogP contribution in [-0.4, -0.2) is 33.8 Å². The van der Waals surface area contributed by atoms with Gasteiger partial charge in [0.25, 0.3) is 5.11 Å². The Balaban J connectivity index is 0. The molecule has 0 saturated heterocycles. The zero-order valence-corrected chi connectivity index (χ0v) is 8.49. The molecule has 0 radical (unpaired) electrons. The van der Waals surface area contributed by atoms with Crippen molar-refractivity contribution in [1.82, 2.24) is 0 Å². The second kappa shape index (κ2) is 5.98. The number of hydrogen-bond acceptors (Lipinski definition) is 3. The van der Waals surface area contributed by atoms with Gasteiger partial charge in [-0.2, -0.15) is 0 Å². The Hall–Kier alpha value is -0.602. The van der Waals surface area contributed by atoms with E-state index in [0.717, 1.165) is 0 Å². The van der Waals surface area contributed by atoms with Gasteiger partial charge in [-0.25, -0.2) is 4.99 Å². The van der Waals surface area contributed by atoms with E-state index in [-0.39, 0.29) is 11.1 Å². The monoisotopic (exact) mass is 260 g/mol. The summed E-state index contributed by atoms with van der Waals surface area (Å²) in [5, 5.41) is 0.0833. The van der Waals surface area contributed by atoms with Crippen LogP contribution < -0.4 is 26.3 Å². The van der Waals surface area contributed by atoms with Crippen molar-refractivity contribution in [3.05, 3.63) is 0 Å². The van der Waals surface area contributed by atoms with E-state index < -0.39 is 14.5 Å². The van der Waals surface area contributed by atoms with Crippen LogP contribution in [0.25, 0.3) is 0 Å². The van der Waals surface area contributed by atoms with Gasteiger partial charge in [-0.15, -0.1) is 0 Å². The molecule has 8 nitrogen and oxygen atoms in total. The third-order valence-corrected chi connectivity index (χ3v) is 0.370. The first-order chi connectivity index (χ1) is 5.13. The second-order valence-electron chi connectivity index (χ2n) is 1.44. The molecule has 72 valence electrons. The van der Waals surface area contributed by atoms with Gasteiger partial charge in [-0.1, -0.05) is 0 Å². The molecule has 9 N–H and O–H groups in total. The molecule has 0 bridgehead atoms. The number of nitrogens with one attached hydrogen (secondary N) is 1. The SMILES string of the molecule is NC(=S)[NH+]=C(N)N.O=[As]([O-])(O)O. The Bertz CT molecular complexity index is 211. The van der Waals surface area contributed by atoms with E-state index in [0.29, 0.717) is 0 Å². The summed E-state index contributed by atoms with van der Waals surface area (Å²) in [5.41, 5.74) is 14.8. The molecule has 12 heavy (non-hydrogen) atoms. The third-order valence-electron chi connectivity index (χ3n) is 0.268. The number of hydrogen-bond donors (Lipinski definition) is 6. The molecule has 0 fully saturated rings. The summed E-state index contributed by atoms with van der Waals surface area (Å²) in [4.78, 5) is 2.29. The topological polar surface area (TPSA) is 173 Å². The summed E-state index contributed by atoms with van der Waals surface area (Å²) in [6.07, 6.45) is 0. The maximum atomic E-state index is 8.83. The van der Waals surface area contributed by atoms with Crippen LogP contribution in [0.3, 0.4) is 0 Å². The van der Waals surface area contributed by atoms with Crippen molar-refractivity contribution in [2.24, 2.45) is 17.2 Å². The van der Waals surface area contributed by atoms with Gasteiger partial charge < -0.3 is 17.2 Å². The Morgan fingerprint density at radius 1 is 1.42 bits per heavy atom. The van der Waals surface area contributed by atoms with Gasteiger partial charge in [0.1, 0.15) is 0 Å². The fourth-order valence-electron chi connectivity index (χ4n) is 0.142. The van der Waals surface area contributed by atoms with Gasteiger partial charge in [-0.05, 0) is 12.2 Å². The molecule has 0 aliphatic rings. The zero-order chi connectivity index (χ0) is 10.4. The van der Waals surface area contributed by atoms with Gasteiger partial charge in [-0.3, -0.25) is 0 Å². The van der Waals surface area contributed by atoms with Crippen LogP contribution in [0.1, 0.15) is 0 Å². The van der Waals surface area contributed by atoms with Crippen molar-refractivity contribution in [2.75, 3.05) is 0 Å². The quantitative estimate of drug-likeness (QED) is 0.108. The number of guanidine groups is 1. The minimum atomic E-state index is -5.38. The zero-order valence-electron chi connectivity index (χ0n) is 5.80. The number of thiocarbonyl (C=S) groups is 1. The van der Waals surface area contributed by atoms with E-state index in [2.05, 4.69) is 17.2 Å². The van der Waals surface area contributed by atoms with E-state index in [9.17, 15) is 0 Å². The van der Waals surface area contributed by atoms with Crippen LogP contribution in [0.15, 0.2) is 0 Å². The predicted molar refractivity (Wildman–Crippen MR) is 42.0 cm³/mol. The summed E-state index contributed by atoms with van der Waals surface area (Å²) in [6, 6.07) is 0. The summed E-state index contributed by atoms with van der Waals surface area (Å²) < 4.78 is 31.9. The summed E-state index contributed by atoms with van der Waals surface area (Å²) in [5.74, 6) is 0.0208.